The molecule has 1 aromatic rings. The van der Waals surface area contributed by atoms with Gasteiger partial charge in [-0.05, 0) is 60.6 Å². The molecule has 0 heterocycles. The van der Waals surface area contributed by atoms with E-state index in [-0.39, 0.29) is 6.10 Å². The van der Waals surface area contributed by atoms with Crippen LogP contribution >= 0.6 is 0 Å². The smallest absolute Gasteiger partial charge is 0.405 e. The number of ether oxygens (including phenoxy) is 1. The maximum atomic E-state index is 12.3. The van der Waals surface area contributed by atoms with Crippen LogP contribution in [0.1, 0.15) is 69.4 Å². The molecule has 4 unspecified atom stereocenters. The Kier molecular flexibility index (Phi) is 8.86. The third-order valence-electron chi connectivity index (χ3n) is 7.08. The molecule has 2 aliphatic rings. The molecule has 1 amide bonds. The summed E-state index contributed by atoms with van der Waals surface area (Å²) in [4.78, 5) is 11.7. The third-order valence-corrected chi connectivity index (χ3v) is 7.08. The summed E-state index contributed by atoms with van der Waals surface area (Å²) in [6.45, 7) is 0.419. The highest BCUT2D eigenvalue weighted by molar-refractivity contribution is 5.77. The zero-order valence-corrected chi connectivity index (χ0v) is 18.9. The van der Waals surface area contributed by atoms with Crippen LogP contribution in [0.15, 0.2) is 18.2 Å². The van der Waals surface area contributed by atoms with Crippen LogP contribution in [-0.2, 0) is 17.6 Å². The fourth-order valence-corrected chi connectivity index (χ4v) is 5.49. The molecule has 2 aliphatic carbocycles. The Bertz CT molecular complexity index is 752. The standard InChI is InChI=1S/C25H36F3NO3/c1-2-3-4-5-6-7-10-19-20-12-17-9-8-11-23(21(17)13-18(20)14-22(19)30)32-15-24(31)29-16-25(26,27)28/h8-9,11,18-20,22,30H,2-7,10,12-16H2,1H3,(H,29,31). The molecule has 0 saturated heterocycles. The van der Waals surface area contributed by atoms with Gasteiger partial charge in [0.2, 0.25) is 0 Å². The van der Waals surface area contributed by atoms with Crippen LogP contribution < -0.4 is 10.1 Å². The van der Waals surface area contributed by atoms with E-state index < -0.39 is 25.2 Å². The van der Waals surface area contributed by atoms with Crippen molar-refractivity contribution in [2.45, 2.75) is 83.4 Å². The first-order valence-electron chi connectivity index (χ1n) is 12.0. The number of hydrogen-bond acceptors (Lipinski definition) is 3. The highest BCUT2D eigenvalue weighted by Crippen LogP contribution is 2.48. The number of unbranched alkanes of at least 4 members (excludes halogenated alkanes) is 5. The highest BCUT2D eigenvalue weighted by atomic mass is 19.4. The van der Waals surface area contributed by atoms with Crippen LogP contribution in [0, 0.1) is 17.8 Å². The topological polar surface area (TPSA) is 58.6 Å². The second-order valence-electron chi connectivity index (χ2n) is 9.43. The van der Waals surface area contributed by atoms with Gasteiger partial charge in [-0.25, -0.2) is 0 Å². The van der Waals surface area contributed by atoms with Crippen LogP contribution in [0.2, 0.25) is 0 Å². The van der Waals surface area contributed by atoms with E-state index in [0.717, 1.165) is 37.7 Å². The summed E-state index contributed by atoms with van der Waals surface area (Å²) < 4.78 is 42.4. The molecule has 0 aliphatic heterocycles. The number of halogens is 3. The number of alkyl halides is 3. The average Bonchev–Trinajstić information content (AvgIpc) is 3.05. The molecule has 1 saturated carbocycles. The Morgan fingerprint density at radius 2 is 1.91 bits per heavy atom. The number of carbonyl (C=O) groups excluding carboxylic acids is 1. The summed E-state index contributed by atoms with van der Waals surface area (Å²) in [5.41, 5.74) is 2.20. The average molecular weight is 456 g/mol. The normalized spacial score (nSPS) is 24.7. The maximum absolute atomic E-state index is 12.3. The molecule has 2 N–H and O–H groups in total. The maximum Gasteiger partial charge on any atom is 0.405 e. The van der Waals surface area contributed by atoms with Crippen molar-refractivity contribution in [3.05, 3.63) is 29.3 Å². The van der Waals surface area contributed by atoms with Crippen molar-refractivity contribution in [3.8, 4) is 5.75 Å². The molecule has 7 heteroatoms. The van der Waals surface area contributed by atoms with Gasteiger partial charge in [0.25, 0.3) is 5.91 Å². The van der Waals surface area contributed by atoms with Gasteiger partial charge in [0.1, 0.15) is 12.3 Å². The Morgan fingerprint density at radius 1 is 1.16 bits per heavy atom. The second-order valence-corrected chi connectivity index (χ2v) is 9.43. The summed E-state index contributed by atoms with van der Waals surface area (Å²) in [5.74, 6) is 0.947. The van der Waals surface area contributed by atoms with Gasteiger partial charge < -0.3 is 15.2 Å². The predicted octanol–water partition coefficient (Wildman–Crippen LogP) is 5.21. The number of nitrogens with one attached hydrogen (secondary N) is 1. The number of benzene rings is 1. The van der Waals surface area contributed by atoms with Crippen LogP contribution in [0.4, 0.5) is 13.2 Å². The van der Waals surface area contributed by atoms with E-state index in [0.29, 0.717) is 23.5 Å². The highest BCUT2D eigenvalue weighted by Gasteiger charge is 2.44. The van der Waals surface area contributed by atoms with Crippen molar-refractivity contribution in [1.29, 1.82) is 0 Å². The van der Waals surface area contributed by atoms with Crippen LogP contribution in [0.25, 0.3) is 0 Å². The van der Waals surface area contributed by atoms with Gasteiger partial charge in [-0.3, -0.25) is 4.79 Å². The Morgan fingerprint density at radius 3 is 2.66 bits per heavy atom. The van der Waals surface area contributed by atoms with E-state index in [9.17, 15) is 23.1 Å². The Hall–Kier alpha value is -1.76. The molecule has 4 atom stereocenters. The molecular formula is C25H36F3NO3. The van der Waals surface area contributed by atoms with Gasteiger partial charge in [0.05, 0.1) is 6.10 Å². The summed E-state index contributed by atoms with van der Waals surface area (Å²) in [5, 5.41) is 12.6. The van der Waals surface area contributed by atoms with E-state index >= 15 is 0 Å². The van der Waals surface area contributed by atoms with Crippen LogP contribution in [0.3, 0.4) is 0 Å². The number of carbonyl (C=O) groups is 1. The van der Waals surface area contributed by atoms with Crippen molar-refractivity contribution >= 4 is 5.91 Å². The van der Waals surface area contributed by atoms with Gasteiger partial charge >= 0.3 is 6.18 Å². The van der Waals surface area contributed by atoms with Crippen molar-refractivity contribution < 1.29 is 27.8 Å². The number of amides is 1. The van der Waals surface area contributed by atoms with E-state index in [1.165, 1.54) is 37.7 Å². The lowest BCUT2D eigenvalue weighted by molar-refractivity contribution is -0.139. The lowest BCUT2D eigenvalue weighted by Gasteiger charge is -2.32. The largest absolute Gasteiger partial charge is 0.483 e. The molecule has 0 bridgehead atoms. The molecule has 0 spiro atoms. The first-order valence-corrected chi connectivity index (χ1v) is 12.0. The van der Waals surface area contributed by atoms with Crippen LogP contribution in [0.5, 0.6) is 5.75 Å². The van der Waals surface area contributed by atoms with Crippen LogP contribution in [-0.4, -0.2) is 36.4 Å². The lowest BCUT2D eigenvalue weighted by atomic mass is 9.73. The van der Waals surface area contributed by atoms with Crippen molar-refractivity contribution in [3.63, 3.8) is 0 Å². The van der Waals surface area contributed by atoms with Crippen molar-refractivity contribution in [1.82, 2.24) is 5.32 Å². The molecule has 32 heavy (non-hydrogen) atoms. The number of fused-ring (bicyclic) bond motifs is 2. The van der Waals surface area contributed by atoms with Gasteiger partial charge in [-0.2, -0.15) is 13.2 Å². The predicted molar refractivity (Wildman–Crippen MR) is 117 cm³/mol. The quantitative estimate of drug-likeness (QED) is 0.451. The monoisotopic (exact) mass is 455 g/mol. The molecule has 0 radical (unpaired) electrons. The van der Waals surface area contributed by atoms with Crippen molar-refractivity contribution in [2.24, 2.45) is 17.8 Å². The number of aliphatic hydroxyl groups excluding tert-OH is 1. The Balaban J connectivity index is 1.55. The van der Waals surface area contributed by atoms with E-state index in [1.54, 1.807) is 6.07 Å². The minimum atomic E-state index is -4.44. The molecule has 0 aromatic heterocycles. The minimum Gasteiger partial charge on any atom is -0.483 e. The number of hydrogen-bond donors (Lipinski definition) is 2. The third kappa shape index (κ3) is 6.87. The van der Waals surface area contributed by atoms with Gasteiger partial charge in [0.15, 0.2) is 6.61 Å². The van der Waals surface area contributed by atoms with Crippen molar-refractivity contribution in [2.75, 3.05) is 13.2 Å². The molecule has 1 fully saturated rings. The zero-order valence-electron chi connectivity index (χ0n) is 18.9. The molecule has 180 valence electrons. The Labute approximate surface area is 188 Å². The molecule has 3 rings (SSSR count). The zero-order chi connectivity index (χ0) is 23.1. The fourth-order valence-electron chi connectivity index (χ4n) is 5.49. The van der Waals surface area contributed by atoms with E-state index in [2.05, 4.69) is 13.0 Å². The van der Waals surface area contributed by atoms with Gasteiger partial charge in [-0.1, -0.05) is 57.6 Å². The molecule has 1 aromatic carbocycles. The first kappa shape index (κ1) is 24.9. The minimum absolute atomic E-state index is 0.271. The summed E-state index contributed by atoms with van der Waals surface area (Å²) in [6.07, 6.45) is 6.30. The van der Waals surface area contributed by atoms with E-state index in [1.807, 2.05) is 11.4 Å². The van der Waals surface area contributed by atoms with E-state index in [4.69, 9.17) is 4.74 Å². The SMILES string of the molecule is CCCCCCCCC1C(O)CC2Cc3c(cccc3OCC(=O)NCC(F)(F)F)CC21. The summed E-state index contributed by atoms with van der Waals surface area (Å²) in [7, 11) is 0. The number of aliphatic hydroxyl groups is 1. The summed E-state index contributed by atoms with van der Waals surface area (Å²) in [6, 6.07) is 5.71. The first-order chi connectivity index (χ1) is 15.3. The summed E-state index contributed by atoms with van der Waals surface area (Å²) >= 11 is 0. The molecular weight excluding hydrogens is 419 g/mol. The lowest BCUT2D eigenvalue weighted by Crippen LogP contribution is -2.36. The van der Waals surface area contributed by atoms with Gasteiger partial charge in [0, 0.05) is 0 Å². The number of rotatable bonds is 11. The second kappa shape index (κ2) is 11.4. The molecule has 4 nitrogen and oxygen atoms in total. The van der Waals surface area contributed by atoms with Gasteiger partial charge in [-0.15, -0.1) is 0 Å². The fraction of sp³-hybridized carbons (Fsp3) is 0.720.